The predicted octanol–water partition coefficient (Wildman–Crippen LogP) is 4.62. The van der Waals surface area contributed by atoms with E-state index in [1.54, 1.807) is 18.4 Å². The molecule has 0 amide bonds. The quantitative estimate of drug-likeness (QED) is 0.672. The van der Waals surface area contributed by atoms with Crippen LogP contribution in [0.1, 0.15) is 9.75 Å². The van der Waals surface area contributed by atoms with Crippen LogP contribution in [0.25, 0.3) is 9.40 Å². The van der Waals surface area contributed by atoms with Crippen molar-refractivity contribution in [2.24, 2.45) is 0 Å². The van der Waals surface area contributed by atoms with Gasteiger partial charge in [-0.25, -0.2) is 0 Å². The largest absolute Gasteiger partial charge is 0.496 e. The Balaban J connectivity index is 1.92. The first-order chi connectivity index (χ1) is 7.86. The molecule has 0 bridgehead atoms. The van der Waals surface area contributed by atoms with Crippen molar-refractivity contribution in [2.45, 2.75) is 6.42 Å². The van der Waals surface area contributed by atoms with E-state index in [4.69, 9.17) is 4.74 Å². The van der Waals surface area contributed by atoms with Gasteiger partial charge in [0.2, 0.25) is 0 Å². The number of hydrogen-bond donors (Lipinski definition) is 0. The summed E-state index contributed by atoms with van der Waals surface area (Å²) in [5, 5.41) is 4.24. The molecule has 0 atom stereocenters. The molecule has 0 spiro atoms. The summed E-state index contributed by atoms with van der Waals surface area (Å²) in [7, 11) is 1.73. The van der Waals surface area contributed by atoms with Crippen LogP contribution in [0, 0.1) is 0 Å². The molecule has 82 valence electrons. The van der Waals surface area contributed by atoms with Crippen LogP contribution in [-0.4, -0.2) is 7.11 Å². The fraction of sp³-hybridized carbons (Fsp3) is 0.167. The van der Waals surface area contributed by atoms with Gasteiger partial charge in [0.15, 0.2) is 0 Å². The summed E-state index contributed by atoms with van der Waals surface area (Å²) in [6.07, 6.45) is 0.993. The molecule has 3 rings (SSSR count). The van der Waals surface area contributed by atoms with Gasteiger partial charge in [0, 0.05) is 20.7 Å². The van der Waals surface area contributed by atoms with Gasteiger partial charge in [-0.2, -0.15) is 0 Å². The van der Waals surface area contributed by atoms with Crippen molar-refractivity contribution in [3.8, 4) is 5.75 Å². The molecule has 3 aromatic heterocycles. The van der Waals surface area contributed by atoms with Gasteiger partial charge in [0.05, 0.1) is 12.0 Å². The van der Waals surface area contributed by atoms with Crippen LogP contribution < -0.4 is 4.74 Å². The maximum Gasteiger partial charge on any atom is 0.133 e. The SMILES string of the molecule is COc1ccsc1Cc1cc2sccc2s1. The predicted molar refractivity (Wildman–Crippen MR) is 73.4 cm³/mol. The van der Waals surface area contributed by atoms with Crippen molar-refractivity contribution >= 4 is 43.4 Å². The van der Waals surface area contributed by atoms with Crippen LogP contribution in [-0.2, 0) is 6.42 Å². The molecular weight excluding hydrogens is 256 g/mol. The van der Waals surface area contributed by atoms with Crippen molar-refractivity contribution in [3.05, 3.63) is 38.7 Å². The van der Waals surface area contributed by atoms with Gasteiger partial charge in [-0.15, -0.1) is 34.0 Å². The molecule has 0 unspecified atom stereocenters. The minimum Gasteiger partial charge on any atom is -0.496 e. The first kappa shape index (κ1) is 10.3. The second-order valence-corrected chi connectivity index (χ2v) is 6.57. The minimum absolute atomic E-state index is 0.993. The fourth-order valence-electron chi connectivity index (χ4n) is 1.70. The molecule has 1 nitrogen and oxygen atoms in total. The second kappa shape index (κ2) is 4.20. The average Bonchev–Trinajstić information content (AvgIpc) is 2.92. The van der Waals surface area contributed by atoms with Crippen molar-refractivity contribution in [1.29, 1.82) is 0 Å². The number of thiophene rings is 3. The van der Waals surface area contributed by atoms with Crippen molar-refractivity contribution < 1.29 is 4.74 Å². The summed E-state index contributed by atoms with van der Waals surface area (Å²) in [6, 6.07) is 6.53. The third kappa shape index (κ3) is 1.77. The van der Waals surface area contributed by atoms with Crippen LogP contribution in [0.2, 0.25) is 0 Å². The first-order valence-corrected chi connectivity index (χ1v) is 7.50. The highest BCUT2D eigenvalue weighted by Gasteiger charge is 2.08. The van der Waals surface area contributed by atoms with E-state index in [1.807, 2.05) is 28.7 Å². The number of fused-ring (bicyclic) bond motifs is 1. The molecule has 4 heteroatoms. The van der Waals surface area contributed by atoms with Crippen LogP contribution in [0.15, 0.2) is 29.0 Å². The number of hydrogen-bond acceptors (Lipinski definition) is 4. The summed E-state index contributed by atoms with van der Waals surface area (Å²) < 4.78 is 8.13. The van der Waals surface area contributed by atoms with Gasteiger partial charge >= 0.3 is 0 Å². The average molecular weight is 266 g/mol. The van der Waals surface area contributed by atoms with E-state index in [-0.39, 0.29) is 0 Å². The minimum atomic E-state index is 0.993. The Morgan fingerprint density at radius 2 is 2.00 bits per heavy atom. The topological polar surface area (TPSA) is 9.23 Å². The zero-order valence-corrected chi connectivity index (χ0v) is 11.2. The second-order valence-electron chi connectivity index (χ2n) is 3.45. The molecule has 0 aliphatic rings. The van der Waals surface area contributed by atoms with Crippen molar-refractivity contribution in [3.63, 3.8) is 0 Å². The lowest BCUT2D eigenvalue weighted by Gasteiger charge is -1.99. The monoisotopic (exact) mass is 266 g/mol. The normalized spacial score (nSPS) is 11.1. The van der Waals surface area contributed by atoms with Gasteiger partial charge < -0.3 is 4.74 Å². The molecule has 0 saturated heterocycles. The Morgan fingerprint density at radius 1 is 1.12 bits per heavy atom. The van der Waals surface area contributed by atoms with E-state index < -0.39 is 0 Å². The molecular formula is C12H10OS3. The fourth-order valence-corrected chi connectivity index (χ4v) is 4.80. The molecule has 0 aliphatic heterocycles. The maximum atomic E-state index is 5.33. The van der Waals surface area contributed by atoms with Crippen LogP contribution in [0.5, 0.6) is 5.75 Å². The van der Waals surface area contributed by atoms with Gasteiger partial charge in [0.25, 0.3) is 0 Å². The Hall–Kier alpha value is -0.840. The summed E-state index contributed by atoms with van der Waals surface area (Å²) in [5.41, 5.74) is 0. The van der Waals surface area contributed by atoms with Gasteiger partial charge in [0.1, 0.15) is 5.75 Å². The number of ether oxygens (including phenoxy) is 1. The molecule has 0 saturated carbocycles. The molecule has 3 heterocycles. The van der Waals surface area contributed by atoms with E-state index in [9.17, 15) is 0 Å². The molecule has 3 aromatic rings. The van der Waals surface area contributed by atoms with E-state index in [1.165, 1.54) is 19.2 Å². The molecule has 0 radical (unpaired) electrons. The number of methoxy groups -OCH3 is 1. The zero-order valence-electron chi connectivity index (χ0n) is 8.73. The Labute approximate surface area is 106 Å². The van der Waals surface area contributed by atoms with E-state index in [0.29, 0.717) is 0 Å². The summed E-state index contributed by atoms with van der Waals surface area (Å²) >= 11 is 5.46. The van der Waals surface area contributed by atoms with Gasteiger partial charge in [-0.3, -0.25) is 0 Å². The van der Waals surface area contributed by atoms with Crippen molar-refractivity contribution in [1.82, 2.24) is 0 Å². The summed E-state index contributed by atoms with van der Waals surface area (Å²) in [4.78, 5) is 2.74. The number of rotatable bonds is 3. The molecule has 0 fully saturated rings. The standard InChI is InChI=1S/C12H10OS3/c1-13-9-2-4-14-11(9)6-8-7-12-10(16-8)3-5-15-12/h2-5,7H,6H2,1H3. The highest BCUT2D eigenvalue weighted by molar-refractivity contribution is 7.27. The molecule has 0 aliphatic carbocycles. The van der Waals surface area contributed by atoms with E-state index >= 15 is 0 Å². The lowest BCUT2D eigenvalue weighted by atomic mass is 10.3. The Morgan fingerprint density at radius 3 is 2.81 bits per heavy atom. The Kier molecular flexibility index (Phi) is 2.71. The maximum absolute atomic E-state index is 5.33. The molecule has 0 aromatic carbocycles. The summed E-state index contributed by atoms with van der Waals surface area (Å²) in [6.45, 7) is 0. The molecule has 0 N–H and O–H groups in total. The lowest BCUT2D eigenvalue weighted by Crippen LogP contribution is -1.86. The van der Waals surface area contributed by atoms with Crippen LogP contribution >= 0.6 is 34.0 Å². The molecule has 16 heavy (non-hydrogen) atoms. The van der Waals surface area contributed by atoms with E-state index in [0.717, 1.165) is 12.2 Å². The first-order valence-electron chi connectivity index (χ1n) is 4.93. The smallest absolute Gasteiger partial charge is 0.133 e. The third-order valence-electron chi connectivity index (χ3n) is 2.45. The lowest BCUT2D eigenvalue weighted by molar-refractivity contribution is 0.413. The zero-order chi connectivity index (χ0) is 11.0. The van der Waals surface area contributed by atoms with Crippen LogP contribution in [0.3, 0.4) is 0 Å². The van der Waals surface area contributed by atoms with Crippen molar-refractivity contribution in [2.75, 3.05) is 7.11 Å². The highest BCUT2D eigenvalue weighted by atomic mass is 32.1. The third-order valence-corrected chi connectivity index (χ3v) is 5.45. The Bertz CT molecular complexity index is 574. The van der Waals surface area contributed by atoms with E-state index in [2.05, 4.69) is 22.9 Å². The van der Waals surface area contributed by atoms with Crippen LogP contribution in [0.4, 0.5) is 0 Å². The van der Waals surface area contributed by atoms with Gasteiger partial charge in [-0.05, 0) is 29.0 Å². The van der Waals surface area contributed by atoms with Gasteiger partial charge in [-0.1, -0.05) is 0 Å². The summed E-state index contributed by atoms with van der Waals surface area (Å²) in [5.74, 6) is 1.02. The highest BCUT2D eigenvalue weighted by Crippen LogP contribution is 2.34.